The number of benzene rings is 1. The van der Waals surface area contributed by atoms with Crippen molar-refractivity contribution >= 4 is 23.4 Å². The van der Waals surface area contributed by atoms with Crippen LogP contribution in [-0.4, -0.2) is 44.0 Å². The van der Waals surface area contributed by atoms with Crippen molar-refractivity contribution < 1.29 is 28.3 Å². The van der Waals surface area contributed by atoms with Crippen LogP contribution in [0.4, 0.5) is 5.69 Å². The number of rotatable bonds is 6. The molecule has 0 aliphatic carbocycles. The SMILES string of the molecule is O=C(CNC(=O)C1CC(=O)N(c2ccc3c(c2)OCCO3)C1)NCc1ccco1. The molecule has 2 aliphatic heterocycles. The Bertz CT molecular complexity index is 911. The lowest BCUT2D eigenvalue weighted by Gasteiger charge is -2.22. The summed E-state index contributed by atoms with van der Waals surface area (Å²) < 4.78 is 16.2. The molecule has 2 aliphatic rings. The third-order valence-corrected chi connectivity index (χ3v) is 4.80. The summed E-state index contributed by atoms with van der Waals surface area (Å²) in [4.78, 5) is 38.2. The van der Waals surface area contributed by atoms with Crippen molar-refractivity contribution in [2.24, 2.45) is 5.92 Å². The monoisotopic (exact) mass is 399 g/mol. The van der Waals surface area contributed by atoms with E-state index in [1.165, 1.54) is 6.26 Å². The second-order valence-electron chi connectivity index (χ2n) is 6.81. The lowest BCUT2D eigenvalue weighted by Crippen LogP contribution is -2.40. The third kappa shape index (κ3) is 4.34. The molecule has 0 bridgehead atoms. The lowest BCUT2D eigenvalue weighted by molar-refractivity contribution is -0.129. The minimum atomic E-state index is -0.520. The van der Waals surface area contributed by atoms with Gasteiger partial charge in [-0.2, -0.15) is 0 Å². The molecule has 2 N–H and O–H groups in total. The number of amides is 3. The van der Waals surface area contributed by atoms with Crippen LogP contribution >= 0.6 is 0 Å². The molecule has 1 unspecified atom stereocenters. The molecular formula is C20H21N3O6. The smallest absolute Gasteiger partial charge is 0.239 e. The lowest BCUT2D eigenvalue weighted by atomic mass is 10.1. The number of carbonyl (C=O) groups excluding carboxylic acids is 3. The van der Waals surface area contributed by atoms with E-state index in [1.807, 2.05) is 0 Å². The molecule has 152 valence electrons. The first kappa shape index (κ1) is 18.9. The van der Waals surface area contributed by atoms with Crippen LogP contribution in [0.25, 0.3) is 0 Å². The van der Waals surface area contributed by atoms with E-state index in [0.29, 0.717) is 36.2 Å². The molecule has 0 radical (unpaired) electrons. The molecule has 29 heavy (non-hydrogen) atoms. The first-order chi connectivity index (χ1) is 14.1. The van der Waals surface area contributed by atoms with E-state index in [2.05, 4.69) is 10.6 Å². The highest BCUT2D eigenvalue weighted by Gasteiger charge is 2.35. The van der Waals surface area contributed by atoms with Gasteiger partial charge in [0.1, 0.15) is 19.0 Å². The van der Waals surface area contributed by atoms with E-state index < -0.39 is 5.92 Å². The van der Waals surface area contributed by atoms with Crippen LogP contribution in [0.1, 0.15) is 12.2 Å². The molecular weight excluding hydrogens is 378 g/mol. The maximum Gasteiger partial charge on any atom is 0.239 e. The quantitative estimate of drug-likeness (QED) is 0.745. The van der Waals surface area contributed by atoms with Crippen LogP contribution in [0.3, 0.4) is 0 Å². The highest BCUT2D eigenvalue weighted by molar-refractivity contribution is 6.01. The Morgan fingerprint density at radius 2 is 1.93 bits per heavy atom. The molecule has 9 nitrogen and oxygen atoms in total. The Labute approximate surface area is 166 Å². The number of hydrogen-bond acceptors (Lipinski definition) is 6. The Kier molecular flexibility index (Phi) is 5.37. The molecule has 9 heteroatoms. The van der Waals surface area contributed by atoms with Crippen molar-refractivity contribution in [3.63, 3.8) is 0 Å². The normalized spacial score (nSPS) is 17.9. The maximum absolute atomic E-state index is 12.4. The zero-order chi connectivity index (χ0) is 20.2. The number of ether oxygens (including phenoxy) is 2. The van der Waals surface area contributed by atoms with Gasteiger partial charge in [-0.3, -0.25) is 14.4 Å². The van der Waals surface area contributed by atoms with Crippen LogP contribution in [0.15, 0.2) is 41.0 Å². The van der Waals surface area contributed by atoms with E-state index in [1.54, 1.807) is 35.2 Å². The molecule has 1 saturated heterocycles. The maximum atomic E-state index is 12.4. The van der Waals surface area contributed by atoms with Gasteiger partial charge in [-0.05, 0) is 24.3 Å². The van der Waals surface area contributed by atoms with Crippen molar-refractivity contribution in [3.05, 3.63) is 42.4 Å². The molecule has 1 aromatic heterocycles. The fourth-order valence-electron chi connectivity index (χ4n) is 3.31. The fourth-order valence-corrected chi connectivity index (χ4v) is 3.31. The summed E-state index contributed by atoms with van der Waals surface area (Å²) in [5, 5.41) is 5.24. The molecule has 3 amide bonds. The summed E-state index contributed by atoms with van der Waals surface area (Å²) >= 11 is 0. The summed E-state index contributed by atoms with van der Waals surface area (Å²) in [6.45, 7) is 1.29. The molecule has 2 aromatic rings. The number of nitrogens with one attached hydrogen (secondary N) is 2. The molecule has 1 aromatic carbocycles. The second-order valence-corrected chi connectivity index (χ2v) is 6.81. The number of carbonyl (C=O) groups is 3. The molecule has 1 atom stereocenters. The van der Waals surface area contributed by atoms with Gasteiger partial charge in [-0.25, -0.2) is 0 Å². The number of hydrogen-bond donors (Lipinski definition) is 2. The van der Waals surface area contributed by atoms with Gasteiger partial charge in [-0.15, -0.1) is 0 Å². The molecule has 0 saturated carbocycles. The van der Waals surface area contributed by atoms with Crippen LogP contribution in [0, 0.1) is 5.92 Å². The van der Waals surface area contributed by atoms with Gasteiger partial charge in [0.25, 0.3) is 0 Å². The predicted octanol–water partition coefficient (Wildman–Crippen LogP) is 0.836. The summed E-state index contributed by atoms with van der Waals surface area (Å²) in [6, 6.07) is 8.75. The standard InChI is InChI=1S/C20H21N3O6/c24-18(21-10-15-2-1-5-27-15)11-22-20(26)13-8-19(25)23(12-13)14-3-4-16-17(9-14)29-7-6-28-16/h1-5,9,13H,6-8,10-12H2,(H,21,24)(H,22,26). The summed E-state index contributed by atoms with van der Waals surface area (Å²) in [6.07, 6.45) is 1.61. The minimum absolute atomic E-state index is 0.0916. The zero-order valence-corrected chi connectivity index (χ0v) is 15.7. The molecule has 3 heterocycles. The van der Waals surface area contributed by atoms with Gasteiger partial charge in [-0.1, -0.05) is 0 Å². The minimum Gasteiger partial charge on any atom is -0.486 e. The summed E-state index contributed by atoms with van der Waals surface area (Å²) in [5.74, 6) is 0.525. The Morgan fingerprint density at radius 1 is 1.10 bits per heavy atom. The van der Waals surface area contributed by atoms with E-state index in [0.717, 1.165) is 0 Å². The van der Waals surface area contributed by atoms with Gasteiger partial charge in [0.2, 0.25) is 17.7 Å². The number of furan rings is 1. The van der Waals surface area contributed by atoms with Crippen LogP contribution < -0.4 is 25.0 Å². The van der Waals surface area contributed by atoms with Gasteiger partial charge in [0.15, 0.2) is 11.5 Å². The van der Waals surface area contributed by atoms with Crippen molar-refractivity contribution in [2.75, 3.05) is 31.2 Å². The van der Waals surface area contributed by atoms with E-state index in [4.69, 9.17) is 13.9 Å². The second kappa shape index (κ2) is 8.26. The zero-order valence-electron chi connectivity index (χ0n) is 15.7. The Morgan fingerprint density at radius 3 is 2.72 bits per heavy atom. The highest BCUT2D eigenvalue weighted by atomic mass is 16.6. The summed E-state index contributed by atoms with van der Waals surface area (Å²) in [7, 11) is 0. The Balaban J connectivity index is 1.29. The van der Waals surface area contributed by atoms with Crippen molar-refractivity contribution in [2.45, 2.75) is 13.0 Å². The van der Waals surface area contributed by atoms with Gasteiger partial charge in [0, 0.05) is 24.7 Å². The van der Waals surface area contributed by atoms with Crippen molar-refractivity contribution in [1.29, 1.82) is 0 Å². The topological polar surface area (TPSA) is 110 Å². The first-order valence-electron chi connectivity index (χ1n) is 9.37. The Hall–Kier alpha value is -3.49. The average molecular weight is 399 g/mol. The fraction of sp³-hybridized carbons (Fsp3) is 0.350. The third-order valence-electron chi connectivity index (χ3n) is 4.80. The number of fused-ring (bicyclic) bond motifs is 1. The molecule has 4 rings (SSSR count). The van der Waals surface area contributed by atoms with Crippen LogP contribution in [0.5, 0.6) is 11.5 Å². The van der Waals surface area contributed by atoms with Gasteiger partial charge in [0.05, 0.1) is 25.3 Å². The summed E-state index contributed by atoms with van der Waals surface area (Å²) in [5.41, 5.74) is 0.658. The van der Waals surface area contributed by atoms with E-state index in [-0.39, 0.29) is 43.8 Å². The van der Waals surface area contributed by atoms with E-state index in [9.17, 15) is 14.4 Å². The van der Waals surface area contributed by atoms with Crippen LogP contribution in [0.2, 0.25) is 0 Å². The molecule has 0 spiro atoms. The van der Waals surface area contributed by atoms with Crippen molar-refractivity contribution in [3.8, 4) is 11.5 Å². The van der Waals surface area contributed by atoms with Crippen LogP contribution in [-0.2, 0) is 20.9 Å². The molecule has 1 fully saturated rings. The number of nitrogens with zero attached hydrogens (tertiary/aromatic N) is 1. The predicted molar refractivity (Wildman–Crippen MR) is 101 cm³/mol. The van der Waals surface area contributed by atoms with Gasteiger partial charge < -0.3 is 29.4 Å². The average Bonchev–Trinajstić information content (AvgIpc) is 3.40. The van der Waals surface area contributed by atoms with Crippen molar-refractivity contribution in [1.82, 2.24) is 10.6 Å². The first-order valence-corrected chi connectivity index (χ1v) is 9.37. The van der Waals surface area contributed by atoms with Gasteiger partial charge >= 0.3 is 0 Å². The highest BCUT2D eigenvalue weighted by Crippen LogP contribution is 2.35. The van der Waals surface area contributed by atoms with E-state index >= 15 is 0 Å². The number of anilines is 1. The largest absolute Gasteiger partial charge is 0.486 e.